The molecule has 2 aromatic heterocycles. The summed E-state index contributed by atoms with van der Waals surface area (Å²) >= 11 is 6.08. The Morgan fingerprint density at radius 3 is 2.87 bits per heavy atom. The van der Waals surface area contributed by atoms with E-state index in [0.29, 0.717) is 18.0 Å². The number of rotatable bonds is 5. The topological polar surface area (TPSA) is 46.9 Å². The van der Waals surface area contributed by atoms with Crippen molar-refractivity contribution in [3.63, 3.8) is 0 Å². The van der Waals surface area contributed by atoms with Gasteiger partial charge in [-0.05, 0) is 35.7 Å². The van der Waals surface area contributed by atoms with E-state index in [1.54, 1.807) is 12.3 Å². The summed E-state index contributed by atoms with van der Waals surface area (Å²) in [6.07, 6.45) is 4.93. The van der Waals surface area contributed by atoms with E-state index in [9.17, 15) is 4.79 Å². The van der Waals surface area contributed by atoms with Crippen molar-refractivity contribution in [2.24, 2.45) is 7.05 Å². The van der Waals surface area contributed by atoms with Crippen LogP contribution in [-0.2, 0) is 24.7 Å². The third kappa shape index (κ3) is 3.54. The second kappa shape index (κ2) is 6.84. The third-order valence-corrected chi connectivity index (χ3v) is 4.21. The number of halogens is 1. The van der Waals surface area contributed by atoms with E-state index >= 15 is 0 Å². The monoisotopic (exact) mass is 327 g/mol. The van der Waals surface area contributed by atoms with Crippen LogP contribution in [0, 0.1) is 0 Å². The Morgan fingerprint density at radius 1 is 1.22 bits per heavy atom. The molecule has 1 amide bonds. The Balaban J connectivity index is 1.58. The molecule has 0 aliphatic rings. The molecule has 0 saturated carbocycles. The van der Waals surface area contributed by atoms with Crippen molar-refractivity contribution < 1.29 is 4.79 Å². The molecule has 0 radical (unpaired) electrons. The lowest BCUT2D eigenvalue weighted by Gasteiger charge is -2.06. The Labute approximate surface area is 140 Å². The van der Waals surface area contributed by atoms with Crippen molar-refractivity contribution in [3.8, 4) is 0 Å². The molecule has 0 aliphatic carbocycles. The van der Waals surface area contributed by atoms with E-state index < -0.39 is 0 Å². The van der Waals surface area contributed by atoms with Crippen molar-refractivity contribution in [2.45, 2.75) is 12.8 Å². The predicted molar refractivity (Wildman–Crippen MR) is 92.6 cm³/mol. The fraction of sp³-hybridized carbons (Fsp3) is 0.222. The Hall–Kier alpha value is -2.33. The molecule has 1 N–H and O–H groups in total. The molecule has 5 heteroatoms. The number of carbonyl (C=O) groups is 1. The van der Waals surface area contributed by atoms with Gasteiger partial charge in [0, 0.05) is 36.4 Å². The van der Waals surface area contributed by atoms with E-state index in [0.717, 1.165) is 23.0 Å². The molecule has 0 aliphatic heterocycles. The van der Waals surface area contributed by atoms with E-state index in [1.807, 2.05) is 35.9 Å². The van der Waals surface area contributed by atoms with Crippen LogP contribution in [0.15, 0.2) is 48.8 Å². The summed E-state index contributed by atoms with van der Waals surface area (Å²) < 4.78 is 2.01. The van der Waals surface area contributed by atoms with Crippen LogP contribution in [0.1, 0.15) is 11.1 Å². The summed E-state index contributed by atoms with van der Waals surface area (Å²) in [5.74, 6) is -0.0172. The molecule has 3 rings (SSSR count). The third-order valence-electron chi connectivity index (χ3n) is 3.84. The number of aryl methyl sites for hydroxylation is 1. The van der Waals surface area contributed by atoms with E-state index in [4.69, 9.17) is 11.6 Å². The number of nitrogens with zero attached hydrogens (tertiary/aromatic N) is 2. The summed E-state index contributed by atoms with van der Waals surface area (Å²) in [6.45, 7) is 0.595. The van der Waals surface area contributed by atoms with Crippen LogP contribution in [0.5, 0.6) is 0 Å². The first-order valence-electron chi connectivity index (χ1n) is 7.54. The van der Waals surface area contributed by atoms with Gasteiger partial charge in [-0.1, -0.05) is 29.8 Å². The van der Waals surface area contributed by atoms with Gasteiger partial charge in [0.05, 0.1) is 6.42 Å². The lowest BCUT2D eigenvalue weighted by atomic mass is 10.1. The maximum atomic E-state index is 12.0. The second-order valence-corrected chi connectivity index (χ2v) is 5.92. The van der Waals surface area contributed by atoms with Crippen LogP contribution in [0.3, 0.4) is 0 Å². The van der Waals surface area contributed by atoms with Gasteiger partial charge in [0.15, 0.2) is 0 Å². The summed E-state index contributed by atoms with van der Waals surface area (Å²) in [5, 5.41) is 4.72. The van der Waals surface area contributed by atoms with Crippen LogP contribution >= 0.6 is 11.6 Å². The van der Waals surface area contributed by atoms with Crippen LogP contribution < -0.4 is 5.32 Å². The highest BCUT2D eigenvalue weighted by atomic mass is 35.5. The first-order valence-corrected chi connectivity index (χ1v) is 7.92. The molecule has 0 fully saturated rings. The summed E-state index contributed by atoms with van der Waals surface area (Å²) in [5.41, 5.74) is 3.00. The van der Waals surface area contributed by atoms with Crippen molar-refractivity contribution >= 4 is 28.5 Å². The summed E-state index contributed by atoms with van der Waals surface area (Å²) in [7, 11) is 1.98. The minimum absolute atomic E-state index is 0.0172. The average molecular weight is 328 g/mol. The molecule has 118 valence electrons. The maximum absolute atomic E-state index is 12.0. The van der Waals surface area contributed by atoms with Crippen molar-refractivity contribution in [1.29, 1.82) is 0 Å². The quantitative estimate of drug-likeness (QED) is 0.782. The predicted octanol–water partition coefficient (Wildman–Crippen LogP) is 3.13. The first-order chi connectivity index (χ1) is 11.1. The van der Waals surface area contributed by atoms with Gasteiger partial charge in [0.25, 0.3) is 0 Å². The molecule has 0 saturated heterocycles. The highest BCUT2D eigenvalue weighted by Crippen LogP contribution is 2.18. The zero-order valence-corrected chi connectivity index (χ0v) is 13.7. The Kier molecular flexibility index (Phi) is 4.63. The van der Waals surface area contributed by atoms with Gasteiger partial charge in [-0.2, -0.15) is 0 Å². The standard InChI is InChI=1S/C18H18ClN3O/c1-22-12-14(15-6-4-9-21-18(15)22)8-10-20-17(23)11-13-5-2-3-7-16(13)19/h2-7,9,12H,8,10-11H2,1H3,(H,20,23). The Bertz CT molecular complexity index is 841. The number of amides is 1. The van der Waals surface area contributed by atoms with Gasteiger partial charge in [-0.25, -0.2) is 4.98 Å². The normalized spacial score (nSPS) is 10.9. The van der Waals surface area contributed by atoms with E-state index in [-0.39, 0.29) is 5.91 Å². The van der Waals surface area contributed by atoms with Gasteiger partial charge in [0.2, 0.25) is 5.91 Å². The smallest absolute Gasteiger partial charge is 0.224 e. The molecular formula is C18H18ClN3O. The van der Waals surface area contributed by atoms with Crippen LogP contribution in [0.4, 0.5) is 0 Å². The number of benzene rings is 1. The largest absolute Gasteiger partial charge is 0.355 e. The lowest BCUT2D eigenvalue weighted by Crippen LogP contribution is -2.27. The molecule has 0 unspecified atom stereocenters. The molecular weight excluding hydrogens is 310 g/mol. The van der Waals surface area contributed by atoms with Crippen LogP contribution in [0.2, 0.25) is 5.02 Å². The van der Waals surface area contributed by atoms with Crippen molar-refractivity contribution in [1.82, 2.24) is 14.9 Å². The molecule has 3 aromatic rings. The van der Waals surface area contributed by atoms with E-state index in [2.05, 4.69) is 22.6 Å². The van der Waals surface area contributed by atoms with Gasteiger partial charge in [-0.15, -0.1) is 0 Å². The Morgan fingerprint density at radius 2 is 2.04 bits per heavy atom. The number of hydrogen-bond acceptors (Lipinski definition) is 2. The molecule has 4 nitrogen and oxygen atoms in total. The van der Waals surface area contributed by atoms with Crippen LogP contribution in [0.25, 0.3) is 11.0 Å². The minimum atomic E-state index is -0.0172. The SMILES string of the molecule is Cn1cc(CCNC(=O)Cc2ccccc2Cl)c2cccnc21. The second-order valence-electron chi connectivity index (χ2n) is 5.51. The molecule has 23 heavy (non-hydrogen) atoms. The highest BCUT2D eigenvalue weighted by molar-refractivity contribution is 6.31. The molecule has 0 atom stereocenters. The number of pyridine rings is 1. The molecule has 2 heterocycles. The number of fused-ring (bicyclic) bond motifs is 1. The fourth-order valence-electron chi connectivity index (χ4n) is 2.71. The summed E-state index contributed by atoms with van der Waals surface area (Å²) in [6, 6.07) is 11.4. The van der Waals surface area contributed by atoms with Gasteiger partial charge in [0.1, 0.15) is 5.65 Å². The zero-order chi connectivity index (χ0) is 16.2. The van der Waals surface area contributed by atoms with Gasteiger partial charge in [-0.3, -0.25) is 4.79 Å². The zero-order valence-electron chi connectivity index (χ0n) is 12.9. The number of hydrogen-bond donors (Lipinski definition) is 1. The molecule has 0 spiro atoms. The minimum Gasteiger partial charge on any atom is -0.355 e. The lowest BCUT2D eigenvalue weighted by molar-refractivity contribution is -0.120. The summed E-state index contributed by atoms with van der Waals surface area (Å²) in [4.78, 5) is 16.4. The van der Waals surface area contributed by atoms with E-state index in [1.165, 1.54) is 5.56 Å². The number of nitrogens with one attached hydrogen (secondary N) is 1. The average Bonchev–Trinajstić information content (AvgIpc) is 2.87. The van der Waals surface area contributed by atoms with Crippen molar-refractivity contribution in [2.75, 3.05) is 6.54 Å². The fourth-order valence-corrected chi connectivity index (χ4v) is 2.91. The van der Waals surface area contributed by atoms with Gasteiger partial charge >= 0.3 is 0 Å². The highest BCUT2D eigenvalue weighted by Gasteiger charge is 2.09. The first kappa shape index (κ1) is 15.6. The number of carbonyl (C=O) groups excluding carboxylic acids is 1. The van der Waals surface area contributed by atoms with Crippen LogP contribution in [-0.4, -0.2) is 22.0 Å². The van der Waals surface area contributed by atoms with Gasteiger partial charge < -0.3 is 9.88 Å². The number of aromatic nitrogens is 2. The van der Waals surface area contributed by atoms with Crippen molar-refractivity contribution in [3.05, 3.63) is 64.9 Å². The molecule has 1 aromatic carbocycles. The molecule has 0 bridgehead atoms. The maximum Gasteiger partial charge on any atom is 0.224 e.